The topological polar surface area (TPSA) is 84.5 Å². The molecule has 21 heavy (non-hydrogen) atoms. The van der Waals surface area contributed by atoms with Gasteiger partial charge in [0.25, 0.3) is 5.91 Å². The summed E-state index contributed by atoms with van der Waals surface area (Å²) in [5.74, 6) is 0.713. The third-order valence-corrected chi connectivity index (χ3v) is 3.21. The van der Waals surface area contributed by atoms with E-state index in [2.05, 4.69) is 5.32 Å². The summed E-state index contributed by atoms with van der Waals surface area (Å²) in [5.41, 5.74) is -1.14. The predicted molar refractivity (Wildman–Crippen MR) is 77.0 cm³/mol. The number of carbonyl (C=O) groups is 1. The number of rotatable bonds is 4. The number of furan rings is 1. The number of aliphatic hydroxyl groups is 1. The molecule has 0 aliphatic carbocycles. The fourth-order valence-electron chi connectivity index (χ4n) is 1.89. The van der Waals surface area contributed by atoms with Gasteiger partial charge in [0, 0.05) is 19.3 Å². The SMILES string of the molecule is Cc1ccc(C(C)(O)CNC(=O)c2ccc(=O)n(C)c2)o1. The molecule has 0 fully saturated rings. The molecular weight excluding hydrogens is 272 g/mol. The van der Waals surface area contributed by atoms with Gasteiger partial charge in [-0.05, 0) is 32.0 Å². The van der Waals surface area contributed by atoms with Crippen LogP contribution in [0.5, 0.6) is 0 Å². The molecular formula is C15H18N2O4. The third-order valence-electron chi connectivity index (χ3n) is 3.21. The van der Waals surface area contributed by atoms with Crippen molar-refractivity contribution in [2.45, 2.75) is 19.4 Å². The number of hydrogen-bond donors (Lipinski definition) is 2. The van der Waals surface area contributed by atoms with Crippen molar-refractivity contribution >= 4 is 5.91 Å². The van der Waals surface area contributed by atoms with Crippen LogP contribution in [0.1, 0.15) is 28.8 Å². The summed E-state index contributed by atoms with van der Waals surface area (Å²) in [4.78, 5) is 23.3. The minimum absolute atomic E-state index is 0.00161. The van der Waals surface area contributed by atoms with E-state index in [4.69, 9.17) is 4.42 Å². The predicted octanol–water partition coefficient (Wildman–Crippen LogP) is 0.924. The lowest BCUT2D eigenvalue weighted by molar-refractivity contribution is 0.0323. The first-order chi connectivity index (χ1) is 9.79. The zero-order valence-corrected chi connectivity index (χ0v) is 12.2. The minimum Gasteiger partial charge on any atom is -0.463 e. The van der Waals surface area contributed by atoms with E-state index >= 15 is 0 Å². The second-order valence-electron chi connectivity index (χ2n) is 5.23. The highest BCUT2D eigenvalue weighted by atomic mass is 16.4. The van der Waals surface area contributed by atoms with Gasteiger partial charge in [0.05, 0.1) is 12.1 Å². The minimum atomic E-state index is -1.30. The second-order valence-corrected chi connectivity index (χ2v) is 5.23. The Morgan fingerprint density at radius 2 is 2.10 bits per heavy atom. The Balaban J connectivity index is 2.06. The van der Waals surface area contributed by atoms with Crippen LogP contribution in [-0.2, 0) is 12.6 Å². The van der Waals surface area contributed by atoms with Crippen molar-refractivity contribution < 1.29 is 14.3 Å². The highest BCUT2D eigenvalue weighted by molar-refractivity contribution is 5.93. The molecule has 0 radical (unpaired) electrons. The van der Waals surface area contributed by atoms with Crippen molar-refractivity contribution in [3.8, 4) is 0 Å². The standard InChI is InChI=1S/C15H18N2O4/c1-10-4-6-12(21-10)15(2,20)9-16-14(19)11-5-7-13(18)17(3)8-11/h4-8,20H,9H2,1-3H3,(H,16,19). The fourth-order valence-corrected chi connectivity index (χ4v) is 1.89. The summed E-state index contributed by atoms with van der Waals surface area (Å²) in [7, 11) is 1.57. The first-order valence-corrected chi connectivity index (χ1v) is 6.54. The lowest BCUT2D eigenvalue weighted by Crippen LogP contribution is -2.38. The number of carbonyl (C=O) groups excluding carboxylic acids is 1. The van der Waals surface area contributed by atoms with Gasteiger partial charge in [-0.3, -0.25) is 9.59 Å². The van der Waals surface area contributed by atoms with E-state index in [0.29, 0.717) is 17.1 Å². The van der Waals surface area contributed by atoms with Gasteiger partial charge in [0.15, 0.2) is 0 Å². The van der Waals surface area contributed by atoms with Crippen LogP contribution in [-0.4, -0.2) is 22.1 Å². The Morgan fingerprint density at radius 3 is 2.67 bits per heavy atom. The number of nitrogens with one attached hydrogen (secondary N) is 1. The first-order valence-electron chi connectivity index (χ1n) is 6.54. The maximum Gasteiger partial charge on any atom is 0.252 e. The Hall–Kier alpha value is -2.34. The maximum atomic E-state index is 12.0. The molecule has 0 saturated carbocycles. The molecule has 2 aromatic rings. The van der Waals surface area contributed by atoms with E-state index in [0.717, 1.165) is 0 Å². The number of amides is 1. The van der Waals surface area contributed by atoms with Crippen LogP contribution in [0.2, 0.25) is 0 Å². The van der Waals surface area contributed by atoms with E-state index in [1.807, 2.05) is 0 Å². The summed E-state index contributed by atoms with van der Waals surface area (Å²) in [6.07, 6.45) is 1.45. The average molecular weight is 290 g/mol. The molecule has 0 aliphatic rings. The fraction of sp³-hybridized carbons (Fsp3) is 0.333. The van der Waals surface area contributed by atoms with Gasteiger partial charge in [-0.15, -0.1) is 0 Å². The van der Waals surface area contributed by atoms with Crippen molar-refractivity contribution in [3.63, 3.8) is 0 Å². The number of aromatic nitrogens is 1. The molecule has 0 saturated heterocycles. The number of aryl methyl sites for hydroxylation is 2. The molecule has 1 atom stereocenters. The van der Waals surface area contributed by atoms with Crippen molar-refractivity contribution in [1.82, 2.24) is 9.88 Å². The van der Waals surface area contributed by atoms with Crippen molar-refractivity contribution in [2.24, 2.45) is 7.05 Å². The van der Waals surface area contributed by atoms with Crippen LogP contribution >= 0.6 is 0 Å². The van der Waals surface area contributed by atoms with Gasteiger partial charge < -0.3 is 19.4 Å². The summed E-state index contributed by atoms with van der Waals surface area (Å²) < 4.78 is 6.70. The van der Waals surface area contributed by atoms with Gasteiger partial charge in [-0.2, -0.15) is 0 Å². The highest BCUT2D eigenvalue weighted by Crippen LogP contribution is 2.21. The molecule has 0 spiro atoms. The molecule has 2 aromatic heterocycles. The van der Waals surface area contributed by atoms with Crippen LogP contribution in [0.3, 0.4) is 0 Å². The molecule has 1 unspecified atom stereocenters. The monoisotopic (exact) mass is 290 g/mol. The van der Waals surface area contributed by atoms with E-state index < -0.39 is 5.60 Å². The Kier molecular flexibility index (Phi) is 3.99. The number of nitrogens with zero attached hydrogens (tertiary/aromatic N) is 1. The van der Waals surface area contributed by atoms with Gasteiger partial charge in [0.2, 0.25) is 5.56 Å². The maximum absolute atomic E-state index is 12.0. The third kappa shape index (κ3) is 3.41. The van der Waals surface area contributed by atoms with Crippen LogP contribution in [0.25, 0.3) is 0 Å². The van der Waals surface area contributed by atoms with Gasteiger partial charge in [0.1, 0.15) is 17.1 Å². The van der Waals surface area contributed by atoms with Gasteiger partial charge in [-0.1, -0.05) is 0 Å². The molecule has 0 aromatic carbocycles. The van der Waals surface area contributed by atoms with E-state index in [1.54, 1.807) is 33.0 Å². The van der Waals surface area contributed by atoms with Crippen LogP contribution in [0.4, 0.5) is 0 Å². The molecule has 2 rings (SSSR count). The van der Waals surface area contributed by atoms with E-state index in [-0.39, 0.29) is 18.0 Å². The van der Waals surface area contributed by atoms with E-state index in [1.165, 1.54) is 22.9 Å². The normalized spacial score (nSPS) is 13.7. The molecule has 0 aliphatic heterocycles. The van der Waals surface area contributed by atoms with Crippen LogP contribution < -0.4 is 10.9 Å². The summed E-state index contributed by atoms with van der Waals surface area (Å²) >= 11 is 0. The molecule has 2 N–H and O–H groups in total. The van der Waals surface area contributed by atoms with Gasteiger partial charge in [-0.25, -0.2) is 0 Å². The quantitative estimate of drug-likeness (QED) is 0.877. The molecule has 1 amide bonds. The average Bonchev–Trinajstić information content (AvgIpc) is 2.87. The summed E-state index contributed by atoms with van der Waals surface area (Å²) in [6, 6.07) is 6.19. The Labute approximate surface area is 122 Å². The summed E-state index contributed by atoms with van der Waals surface area (Å²) in [6.45, 7) is 3.34. The number of hydrogen-bond acceptors (Lipinski definition) is 4. The lowest BCUT2D eigenvalue weighted by Gasteiger charge is -2.21. The van der Waals surface area contributed by atoms with E-state index in [9.17, 15) is 14.7 Å². The molecule has 112 valence electrons. The molecule has 6 nitrogen and oxygen atoms in total. The molecule has 6 heteroatoms. The number of pyridine rings is 1. The molecule has 0 bridgehead atoms. The van der Waals surface area contributed by atoms with Gasteiger partial charge >= 0.3 is 0 Å². The Bertz CT molecular complexity index is 712. The first kappa shape index (κ1) is 15.1. The van der Waals surface area contributed by atoms with Crippen molar-refractivity contribution in [2.75, 3.05) is 6.54 Å². The zero-order chi connectivity index (χ0) is 15.6. The van der Waals surface area contributed by atoms with Crippen molar-refractivity contribution in [1.29, 1.82) is 0 Å². The van der Waals surface area contributed by atoms with Crippen LogP contribution in [0.15, 0.2) is 39.7 Å². The zero-order valence-electron chi connectivity index (χ0n) is 12.2. The highest BCUT2D eigenvalue weighted by Gasteiger charge is 2.27. The van der Waals surface area contributed by atoms with Crippen molar-refractivity contribution in [3.05, 3.63) is 57.9 Å². The second kappa shape index (κ2) is 5.57. The lowest BCUT2D eigenvalue weighted by atomic mass is 10.0. The largest absolute Gasteiger partial charge is 0.463 e. The molecule has 2 heterocycles. The summed E-state index contributed by atoms with van der Waals surface area (Å²) in [5, 5.41) is 13.0. The van der Waals surface area contributed by atoms with Crippen LogP contribution in [0, 0.1) is 6.92 Å². The smallest absolute Gasteiger partial charge is 0.252 e. The Morgan fingerprint density at radius 1 is 1.38 bits per heavy atom.